The van der Waals surface area contributed by atoms with Crippen LogP contribution < -0.4 is 21.3 Å². The first-order valence-corrected chi connectivity index (χ1v) is 18.2. The molecule has 4 atom stereocenters. The molecule has 1 spiro atoms. The van der Waals surface area contributed by atoms with Crippen molar-refractivity contribution in [3.63, 3.8) is 0 Å². The predicted molar refractivity (Wildman–Crippen MR) is 190 cm³/mol. The van der Waals surface area contributed by atoms with Gasteiger partial charge in [0.15, 0.2) is 6.04 Å². The number of carbonyl (C=O) groups excluding carboxylic acids is 7. The quantitative estimate of drug-likeness (QED) is 0.160. The highest BCUT2D eigenvalue weighted by Crippen LogP contribution is 2.53. The first-order chi connectivity index (χ1) is 24.6. The summed E-state index contributed by atoms with van der Waals surface area (Å²) in [6.45, 7) is 8.79. The van der Waals surface area contributed by atoms with E-state index in [2.05, 4.69) is 21.3 Å². The van der Waals surface area contributed by atoms with Crippen molar-refractivity contribution < 1.29 is 43.0 Å². The lowest BCUT2D eigenvalue weighted by Gasteiger charge is -2.30. The van der Waals surface area contributed by atoms with Crippen molar-refractivity contribution in [3.05, 3.63) is 48.0 Å². The Bertz CT molecular complexity index is 1520. The predicted octanol–water partition coefficient (Wildman–Crippen LogP) is 3.01. The Morgan fingerprint density at radius 2 is 1.73 bits per heavy atom. The highest BCUT2D eigenvalue weighted by molar-refractivity contribution is 6.38. The molecule has 2 heterocycles. The molecular weight excluding hydrogens is 670 g/mol. The van der Waals surface area contributed by atoms with Crippen molar-refractivity contribution in [2.24, 2.45) is 11.3 Å². The number of ketones is 1. The maximum Gasteiger partial charge on any atom is 0.407 e. The van der Waals surface area contributed by atoms with Gasteiger partial charge in [-0.05, 0) is 89.0 Å². The van der Waals surface area contributed by atoms with Gasteiger partial charge in [-0.25, -0.2) is 9.59 Å². The lowest BCUT2D eigenvalue weighted by Crippen LogP contribution is -2.57. The molecule has 3 aliphatic rings. The molecule has 52 heavy (non-hydrogen) atoms. The molecule has 4 rings (SSSR count). The Labute approximate surface area is 305 Å². The average molecular weight is 724 g/mol. The summed E-state index contributed by atoms with van der Waals surface area (Å²) >= 11 is 0. The van der Waals surface area contributed by atoms with Crippen molar-refractivity contribution in [2.45, 2.75) is 116 Å². The van der Waals surface area contributed by atoms with Gasteiger partial charge in [-0.1, -0.05) is 56.3 Å². The number of alkyl carbamates (subject to hydrolysis) is 1. The van der Waals surface area contributed by atoms with Gasteiger partial charge in [-0.2, -0.15) is 0 Å². The van der Waals surface area contributed by atoms with Crippen LogP contribution in [0.1, 0.15) is 97.6 Å². The zero-order valence-electron chi connectivity index (χ0n) is 30.8. The van der Waals surface area contributed by atoms with Gasteiger partial charge < -0.3 is 35.6 Å². The van der Waals surface area contributed by atoms with Crippen LogP contribution in [0.25, 0.3) is 0 Å². The van der Waals surface area contributed by atoms with Gasteiger partial charge in [0.25, 0.3) is 5.91 Å². The Kier molecular flexibility index (Phi) is 13.6. The minimum atomic E-state index is -1.20. The van der Waals surface area contributed by atoms with Crippen molar-refractivity contribution in [1.29, 1.82) is 0 Å². The van der Waals surface area contributed by atoms with Crippen LogP contribution in [-0.4, -0.2) is 89.8 Å². The highest BCUT2D eigenvalue weighted by atomic mass is 16.6. The molecule has 284 valence electrons. The lowest BCUT2D eigenvalue weighted by atomic mass is 9.90. The van der Waals surface area contributed by atoms with Crippen molar-refractivity contribution in [1.82, 2.24) is 26.2 Å². The molecule has 1 aliphatic carbocycles. The minimum Gasteiger partial charge on any atom is -0.458 e. The smallest absolute Gasteiger partial charge is 0.407 e. The van der Waals surface area contributed by atoms with Crippen LogP contribution in [0.2, 0.25) is 0 Å². The molecule has 0 aromatic heterocycles. The van der Waals surface area contributed by atoms with Crippen LogP contribution in [0, 0.1) is 11.3 Å². The second-order valence-corrected chi connectivity index (χ2v) is 15.4. The fourth-order valence-corrected chi connectivity index (χ4v) is 6.38. The van der Waals surface area contributed by atoms with Gasteiger partial charge in [-0.3, -0.25) is 24.0 Å². The Morgan fingerprint density at radius 1 is 1.02 bits per heavy atom. The largest absolute Gasteiger partial charge is 0.458 e. The average Bonchev–Trinajstić information content (AvgIpc) is 3.66. The van der Waals surface area contributed by atoms with E-state index < -0.39 is 77.8 Å². The summed E-state index contributed by atoms with van der Waals surface area (Å²) < 4.78 is 10.8. The van der Waals surface area contributed by atoms with E-state index >= 15 is 0 Å². The summed E-state index contributed by atoms with van der Waals surface area (Å²) in [6, 6.07) is 4.34. The third kappa shape index (κ3) is 11.6. The number of Topliss-reactive ketones (excluding diaryl/α,β-unsaturated/α-hetero) is 1. The minimum absolute atomic E-state index is 0.112. The molecule has 0 radical (unpaired) electrons. The molecule has 5 amide bonds. The van der Waals surface area contributed by atoms with Crippen molar-refractivity contribution in [2.75, 3.05) is 19.7 Å². The summed E-state index contributed by atoms with van der Waals surface area (Å²) in [5.74, 6) is -4.27. The topological polar surface area (TPSA) is 189 Å². The summed E-state index contributed by atoms with van der Waals surface area (Å²) in [6.07, 6.45) is 7.31. The zero-order valence-corrected chi connectivity index (χ0v) is 30.8. The molecule has 1 aromatic rings. The van der Waals surface area contributed by atoms with Crippen molar-refractivity contribution in [3.8, 4) is 0 Å². The summed E-state index contributed by atoms with van der Waals surface area (Å²) in [4.78, 5) is 94.3. The number of ether oxygens (including phenoxy) is 2. The standard InChI is InChI=1S/C38H53N5O9/c1-24(2)23-51-36(50)41-26-15-10-7-11-17-38(18-19-38)21-27(40-32(46)28-16-12-20-43(28)34(26)48)31(45)33(47)39-22-29(44)42-30(25-13-8-6-9-14-25)35(49)52-37(3,4)5/h6-9,11,13-14,24,26-28,30H,10,12,15-23H2,1-5H3,(H,39,47)(H,40,46)(H,41,50)(H,42,44)/b11-7+/t26-,27?,28+,30+/m1/s1. The third-order valence-corrected chi connectivity index (χ3v) is 9.26. The molecule has 14 heteroatoms. The van der Waals surface area contributed by atoms with Crippen LogP contribution >= 0.6 is 0 Å². The van der Waals surface area contributed by atoms with Crippen LogP contribution in [0.15, 0.2) is 42.5 Å². The second kappa shape index (κ2) is 17.6. The fourth-order valence-electron chi connectivity index (χ4n) is 6.38. The van der Waals surface area contributed by atoms with Gasteiger partial charge in [0, 0.05) is 6.54 Å². The van der Waals surface area contributed by atoms with Gasteiger partial charge in [0.05, 0.1) is 19.2 Å². The number of hydrogen-bond donors (Lipinski definition) is 4. The van der Waals surface area contributed by atoms with Gasteiger partial charge >= 0.3 is 12.1 Å². The SMILES string of the molecule is CC(C)COC(=O)N[C@@H]1CC/C=C/CC2(CC2)CC(C(=O)C(=O)NCC(=O)N[C@H](C(=O)OC(C)(C)C)c2ccccc2)NC(=O)[C@@H]2CCCN2C1=O. The molecule has 0 bridgehead atoms. The maximum absolute atomic E-state index is 13.7. The van der Waals surface area contributed by atoms with Crippen LogP contribution in [0.3, 0.4) is 0 Å². The maximum atomic E-state index is 13.7. The molecule has 1 aromatic carbocycles. The van der Waals surface area contributed by atoms with Gasteiger partial charge in [-0.15, -0.1) is 0 Å². The van der Waals surface area contributed by atoms with E-state index in [1.165, 1.54) is 4.90 Å². The molecule has 1 saturated carbocycles. The normalized spacial score (nSPS) is 23.0. The number of nitrogens with zero attached hydrogens (tertiary/aromatic N) is 1. The van der Waals surface area contributed by atoms with E-state index in [9.17, 15) is 33.6 Å². The summed E-state index contributed by atoms with van der Waals surface area (Å²) in [7, 11) is 0. The number of carbonyl (C=O) groups is 7. The fraction of sp³-hybridized carbons (Fsp3) is 0.605. The molecular formula is C38H53N5O9. The summed E-state index contributed by atoms with van der Waals surface area (Å²) in [5, 5.41) is 10.4. The molecule has 1 unspecified atom stereocenters. The van der Waals surface area contributed by atoms with E-state index in [-0.39, 0.29) is 30.9 Å². The number of fused-ring (bicyclic) bond motifs is 1. The number of benzene rings is 1. The number of hydrogen-bond acceptors (Lipinski definition) is 9. The first kappa shape index (κ1) is 40.0. The van der Waals surface area contributed by atoms with Gasteiger partial charge in [0.2, 0.25) is 23.5 Å². The zero-order chi connectivity index (χ0) is 38.1. The molecule has 2 fully saturated rings. The van der Waals surface area contributed by atoms with E-state index in [1.807, 2.05) is 26.0 Å². The molecule has 14 nitrogen and oxygen atoms in total. The van der Waals surface area contributed by atoms with E-state index in [1.54, 1.807) is 51.1 Å². The third-order valence-electron chi connectivity index (χ3n) is 9.26. The Morgan fingerprint density at radius 3 is 2.38 bits per heavy atom. The van der Waals surface area contributed by atoms with Crippen LogP contribution in [0.4, 0.5) is 4.79 Å². The number of esters is 1. The Hall–Kier alpha value is -4.75. The number of amides is 5. The van der Waals surface area contributed by atoms with Crippen LogP contribution in [-0.2, 0) is 38.2 Å². The van der Waals surface area contributed by atoms with Gasteiger partial charge in [0.1, 0.15) is 17.7 Å². The van der Waals surface area contributed by atoms with E-state index in [4.69, 9.17) is 9.47 Å². The number of rotatable bonds is 10. The van der Waals surface area contributed by atoms with E-state index in [0.29, 0.717) is 37.7 Å². The second-order valence-electron chi connectivity index (χ2n) is 15.4. The monoisotopic (exact) mass is 723 g/mol. The molecule has 2 aliphatic heterocycles. The summed E-state index contributed by atoms with van der Waals surface area (Å²) in [5.41, 5.74) is -0.638. The highest BCUT2D eigenvalue weighted by Gasteiger charge is 2.47. The Balaban J connectivity index is 1.46. The van der Waals surface area contributed by atoms with Crippen LogP contribution in [0.5, 0.6) is 0 Å². The number of allylic oxidation sites excluding steroid dienone is 2. The van der Waals surface area contributed by atoms with Crippen molar-refractivity contribution >= 4 is 41.5 Å². The molecule has 1 saturated heterocycles. The first-order valence-electron chi connectivity index (χ1n) is 18.2. The lowest BCUT2D eigenvalue weighted by molar-refractivity contribution is -0.158. The van der Waals surface area contributed by atoms with E-state index in [0.717, 1.165) is 12.8 Å². The number of nitrogens with one attached hydrogen (secondary N) is 4. The molecule has 4 N–H and O–H groups in total.